The minimum absolute atomic E-state index is 0.0357. The van der Waals surface area contributed by atoms with E-state index < -0.39 is 35.1 Å². The Kier molecular flexibility index (Phi) is 13.9. The van der Waals surface area contributed by atoms with Crippen LogP contribution in [0.25, 0.3) is 22.0 Å². The molecule has 8 rings (SSSR count). The molecule has 0 bridgehead atoms. The van der Waals surface area contributed by atoms with Crippen molar-refractivity contribution in [2.75, 3.05) is 71.3 Å². The number of carbonyl (C=O) groups is 6. The second kappa shape index (κ2) is 19.9. The van der Waals surface area contributed by atoms with Crippen LogP contribution in [0.5, 0.6) is 0 Å². The van der Waals surface area contributed by atoms with Gasteiger partial charge in [0.05, 0.1) is 75.7 Å². The molecule has 2 aliphatic heterocycles. The number of ketones is 1. The van der Waals surface area contributed by atoms with Crippen LogP contribution in [0.1, 0.15) is 92.6 Å². The van der Waals surface area contributed by atoms with Gasteiger partial charge in [-0.2, -0.15) is 5.10 Å². The molecule has 3 aromatic carbocycles. The van der Waals surface area contributed by atoms with E-state index in [2.05, 4.69) is 58.9 Å². The maximum atomic E-state index is 14.0. The largest absolute Gasteiger partial charge is 0.382 e. The van der Waals surface area contributed by atoms with Crippen LogP contribution in [0.3, 0.4) is 0 Å². The van der Waals surface area contributed by atoms with Gasteiger partial charge in [-0.3, -0.25) is 43.7 Å². The average molecular weight is 902 g/mol. The molecular weight excluding hydrogens is 847 g/mol. The van der Waals surface area contributed by atoms with Crippen LogP contribution in [-0.4, -0.2) is 127 Å². The summed E-state index contributed by atoms with van der Waals surface area (Å²) in [7, 11) is 0. The van der Waals surface area contributed by atoms with Crippen molar-refractivity contribution < 1.29 is 47.7 Å². The first-order valence-corrected chi connectivity index (χ1v) is 22.4. The lowest BCUT2D eigenvalue weighted by molar-refractivity contribution is -0.136. The average Bonchev–Trinajstić information content (AvgIpc) is 3.99. The van der Waals surface area contributed by atoms with E-state index in [9.17, 15) is 28.8 Å². The van der Waals surface area contributed by atoms with Crippen molar-refractivity contribution >= 4 is 51.9 Å². The van der Waals surface area contributed by atoms with Crippen LogP contribution in [0.4, 0.5) is 5.69 Å². The highest BCUT2D eigenvalue weighted by molar-refractivity contribution is 6.25. The van der Waals surface area contributed by atoms with Crippen molar-refractivity contribution in [3.63, 3.8) is 0 Å². The van der Waals surface area contributed by atoms with Crippen LogP contribution in [0.2, 0.25) is 0 Å². The van der Waals surface area contributed by atoms with Crippen molar-refractivity contribution in [3.05, 3.63) is 106 Å². The second-order valence-corrected chi connectivity index (χ2v) is 17.1. The van der Waals surface area contributed by atoms with E-state index in [-0.39, 0.29) is 42.2 Å². The molecule has 2 aromatic heterocycles. The Morgan fingerprint density at radius 3 is 2.26 bits per heavy atom. The van der Waals surface area contributed by atoms with Gasteiger partial charge in [-0.15, -0.1) is 0 Å². The predicted octanol–water partition coefficient (Wildman–Crippen LogP) is 4.47. The molecule has 5 aromatic rings. The molecule has 0 radical (unpaired) electrons. The molecular formula is C49H55N7O10. The molecule has 1 fully saturated rings. The topological polar surface area (TPSA) is 212 Å². The molecule has 346 valence electrons. The number of ether oxygens (including phenoxy) is 4. The fourth-order valence-electron chi connectivity index (χ4n) is 8.93. The lowest BCUT2D eigenvalue weighted by atomic mass is 9.70. The second-order valence-electron chi connectivity index (χ2n) is 17.1. The molecule has 1 saturated heterocycles. The van der Waals surface area contributed by atoms with Gasteiger partial charge in [0.2, 0.25) is 17.7 Å². The molecule has 17 nitrogen and oxygen atoms in total. The number of amides is 5. The van der Waals surface area contributed by atoms with Crippen LogP contribution in [0.15, 0.2) is 60.9 Å². The Balaban J connectivity index is 0.679. The van der Waals surface area contributed by atoms with Gasteiger partial charge < -0.3 is 34.6 Å². The number of aromatic nitrogens is 3. The number of hydrogen-bond acceptors (Lipinski definition) is 12. The lowest BCUT2D eigenvalue weighted by Gasteiger charge is -2.33. The van der Waals surface area contributed by atoms with E-state index in [0.29, 0.717) is 71.6 Å². The lowest BCUT2D eigenvalue weighted by Crippen LogP contribution is -2.54. The summed E-state index contributed by atoms with van der Waals surface area (Å²) in [5, 5.41) is 13.6. The number of benzene rings is 3. The fraction of sp³-hybridized carbons (Fsp3) is 0.408. The number of nitrogens with zero attached hydrogens (tertiary/aromatic N) is 3. The van der Waals surface area contributed by atoms with Gasteiger partial charge in [0.15, 0.2) is 5.78 Å². The molecule has 5 amide bonds. The highest BCUT2D eigenvalue weighted by Gasteiger charge is 2.46. The van der Waals surface area contributed by atoms with Crippen LogP contribution >= 0.6 is 0 Å². The smallest absolute Gasteiger partial charge is 0.264 e. The summed E-state index contributed by atoms with van der Waals surface area (Å²) in [5.74, 6) is -2.36. The van der Waals surface area contributed by atoms with Crippen LogP contribution in [0, 0.1) is 6.92 Å². The zero-order chi connectivity index (χ0) is 46.5. The number of nitrogens with one attached hydrogen (secondary N) is 4. The summed E-state index contributed by atoms with van der Waals surface area (Å²) in [6, 6.07) is 14.2. The number of aromatic amines is 1. The molecule has 3 aliphatic rings. The van der Waals surface area contributed by atoms with Crippen molar-refractivity contribution in [2.45, 2.75) is 65.0 Å². The number of imide groups is 2. The number of aryl methyl sites for hydroxylation is 2. The van der Waals surface area contributed by atoms with E-state index in [1.165, 1.54) is 0 Å². The standard InChI is InChI=1S/C49H55N7O10/c1-5-30-24-35-36(49(3,4)45-43(44(35)59)32-10-9-29(2)23-38(32)53-45)25-34(30)31-26-52-55(27-31)28-41(58)51-14-16-64-18-20-66-22-21-65-19-17-63-15-13-50-37-8-6-7-33-42(37)48(62)56(47(33)61)39-11-12-40(57)54-46(39)60/h6-10,23-27,39,50,53H,5,11-22,28H2,1-4H3,(H,51,58)(H,54,57,60). The molecule has 4 heterocycles. The Bertz CT molecular complexity index is 2700. The highest BCUT2D eigenvalue weighted by Crippen LogP contribution is 2.46. The Morgan fingerprint density at radius 2 is 1.55 bits per heavy atom. The number of rotatable bonds is 21. The predicted molar refractivity (Wildman–Crippen MR) is 244 cm³/mol. The van der Waals surface area contributed by atoms with Gasteiger partial charge in [-0.25, -0.2) is 0 Å². The Morgan fingerprint density at radius 1 is 0.833 bits per heavy atom. The van der Waals surface area contributed by atoms with Crippen molar-refractivity contribution in [1.82, 2.24) is 30.3 Å². The van der Waals surface area contributed by atoms with E-state index >= 15 is 0 Å². The zero-order valence-corrected chi connectivity index (χ0v) is 37.7. The minimum Gasteiger partial charge on any atom is -0.382 e. The van der Waals surface area contributed by atoms with Crippen molar-refractivity contribution in [2.24, 2.45) is 0 Å². The summed E-state index contributed by atoms with van der Waals surface area (Å²) < 4.78 is 24.0. The van der Waals surface area contributed by atoms with E-state index in [1.54, 1.807) is 29.1 Å². The monoisotopic (exact) mass is 901 g/mol. The normalized spacial score (nSPS) is 16.4. The van der Waals surface area contributed by atoms with Crippen LogP contribution < -0.4 is 16.0 Å². The van der Waals surface area contributed by atoms with E-state index in [0.717, 1.165) is 66.9 Å². The Labute approximate surface area is 381 Å². The highest BCUT2D eigenvalue weighted by atomic mass is 16.6. The number of fused-ring (bicyclic) bond motifs is 5. The molecule has 4 N–H and O–H groups in total. The molecule has 17 heteroatoms. The molecule has 1 aliphatic carbocycles. The van der Waals surface area contributed by atoms with Gasteiger partial charge in [0, 0.05) is 64.5 Å². The summed E-state index contributed by atoms with van der Waals surface area (Å²) >= 11 is 0. The summed E-state index contributed by atoms with van der Waals surface area (Å²) in [6.45, 7) is 12.0. The fourth-order valence-corrected chi connectivity index (χ4v) is 8.93. The maximum absolute atomic E-state index is 14.0. The first-order valence-electron chi connectivity index (χ1n) is 22.4. The van der Waals surface area contributed by atoms with Gasteiger partial charge >= 0.3 is 0 Å². The third kappa shape index (κ3) is 9.42. The summed E-state index contributed by atoms with van der Waals surface area (Å²) in [5.41, 5.74) is 8.81. The van der Waals surface area contributed by atoms with Gasteiger partial charge in [0.1, 0.15) is 12.6 Å². The molecule has 0 saturated carbocycles. The Hall–Kier alpha value is -6.53. The number of carbonyl (C=O) groups excluding carboxylic acids is 6. The molecule has 66 heavy (non-hydrogen) atoms. The first kappa shape index (κ1) is 46.0. The van der Waals surface area contributed by atoms with Gasteiger partial charge in [-0.1, -0.05) is 39.0 Å². The van der Waals surface area contributed by atoms with E-state index in [4.69, 9.17) is 18.9 Å². The SMILES string of the molecule is CCc1cc2c(cc1-c1cnn(CC(=O)NCCOCCOCCOCCOCCNc3cccc4c3C(=O)N(C3CCC(=O)NC3=O)C4=O)c1)C(C)(C)c1[nH]c3cc(C)ccc3c1C2=O. The third-order valence-corrected chi connectivity index (χ3v) is 12.3. The van der Waals surface area contributed by atoms with Gasteiger partial charge in [0.25, 0.3) is 11.8 Å². The number of anilines is 1. The summed E-state index contributed by atoms with van der Waals surface area (Å²) in [6.07, 6.45) is 4.51. The first-order chi connectivity index (χ1) is 31.9. The molecule has 1 unspecified atom stereocenters. The van der Waals surface area contributed by atoms with Crippen LogP contribution in [-0.2, 0) is 51.7 Å². The number of piperidine rings is 1. The number of hydrogen-bond donors (Lipinski definition) is 4. The van der Waals surface area contributed by atoms with E-state index in [1.807, 2.05) is 31.3 Å². The van der Waals surface area contributed by atoms with Gasteiger partial charge in [-0.05, 0) is 72.4 Å². The zero-order valence-electron chi connectivity index (χ0n) is 37.7. The number of H-pyrrole nitrogens is 1. The molecule has 1 atom stereocenters. The minimum atomic E-state index is -1.03. The maximum Gasteiger partial charge on any atom is 0.264 e. The molecule has 0 spiro atoms. The quantitative estimate of drug-likeness (QED) is 0.0594. The third-order valence-electron chi connectivity index (χ3n) is 12.3. The van der Waals surface area contributed by atoms with Crippen molar-refractivity contribution in [1.29, 1.82) is 0 Å². The van der Waals surface area contributed by atoms with Crippen molar-refractivity contribution in [3.8, 4) is 11.1 Å². The summed E-state index contributed by atoms with van der Waals surface area (Å²) in [4.78, 5) is 81.5.